The smallest absolute Gasteiger partial charge is 0.304 e. The lowest BCUT2D eigenvalue weighted by Gasteiger charge is -2.43. The summed E-state index contributed by atoms with van der Waals surface area (Å²) in [6.07, 6.45) is -3.23. The number of carbonyl (C=O) groups is 4. The van der Waals surface area contributed by atoms with Crippen LogP contribution in [0.5, 0.6) is 0 Å². The van der Waals surface area contributed by atoms with Gasteiger partial charge in [0.05, 0.1) is 12.2 Å². The van der Waals surface area contributed by atoms with Crippen LogP contribution in [0, 0.1) is 0 Å². The molecule has 122 valence electrons. The third-order valence-electron chi connectivity index (χ3n) is 3.32. The SMILES string of the molecule is CC(=O)O[C@]1(C(C)=O)C(C(C)=O)=C(C(C)=O)O[C@H](CO)[C@H]1O. The Morgan fingerprint density at radius 2 is 1.68 bits per heavy atom. The Kier molecular flexibility index (Phi) is 5.21. The van der Waals surface area contributed by atoms with Crippen molar-refractivity contribution in [3.05, 3.63) is 11.3 Å². The standard InChI is InChI=1S/C14H18O8/c1-6(16)11-12(7(2)17)21-10(5-15)13(20)14(11,8(3)18)22-9(4)19/h10,13,15,20H,5H2,1-4H3/t10-,13-,14-/m1/s1. The van der Waals surface area contributed by atoms with E-state index in [9.17, 15) is 29.4 Å². The van der Waals surface area contributed by atoms with E-state index in [1.54, 1.807) is 0 Å². The highest BCUT2D eigenvalue weighted by molar-refractivity contribution is 6.11. The molecule has 8 heteroatoms. The van der Waals surface area contributed by atoms with Crippen molar-refractivity contribution >= 4 is 23.3 Å². The topological polar surface area (TPSA) is 127 Å². The number of carbonyl (C=O) groups excluding carboxylic acids is 4. The van der Waals surface area contributed by atoms with Crippen LogP contribution < -0.4 is 0 Å². The van der Waals surface area contributed by atoms with Crippen molar-refractivity contribution in [1.82, 2.24) is 0 Å². The maximum absolute atomic E-state index is 12.1. The summed E-state index contributed by atoms with van der Waals surface area (Å²) in [5.74, 6) is -3.77. The van der Waals surface area contributed by atoms with Gasteiger partial charge in [-0.3, -0.25) is 19.2 Å². The van der Waals surface area contributed by atoms with Gasteiger partial charge in [0.1, 0.15) is 6.10 Å². The first kappa shape index (κ1) is 18.0. The van der Waals surface area contributed by atoms with Crippen LogP contribution in [0.2, 0.25) is 0 Å². The average molecular weight is 314 g/mol. The zero-order valence-corrected chi connectivity index (χ0v) is 12.7. The van der Waals surface area contributed by atoms with Gasteiger partial charge in [-0.05, 0) is 13.8 Å². The lowest BCUT2D eigenvalue weighted by Crippen LogP contribution is -2.63. The van der Waals surface area contributed by atoms with Gasteiger partial charge >= 0.3 is 5.97 Å². The average Bonchev–Trinajstić information content (AvgIpc) is 2.38. The Morgan fingerprint density at radius 3 is 2.00 bits per heavy atom. The van der Waals surface area contributed by atoms with Crippen LogP contribution in [-0.2, 0) is 28.7 Å². The van der Waals surface area contributed by atoms with E-state index in [-0.39, 0.29) is 0 Å². The normalized spacial score (nSPS) is 27.9. The number of ether oxygens (including phenoxy) is 2. The number of ketones is 3. The summed E-state index contributed by atoms with van der Waals surface area (Å²) in [7, 11) is 0. The fourth-order valence-corrected chi connectivity index (χ4v) is 2.46. The third kappa shape index (κ3) is 2.79. The third-order valence-corrected chi connectivity index (χ3v) is 3.32. The molecule has 8 nitrogen and oxygen atoms in total. The highest BCUT2D eigenvalue weighted by Gasteiger charge is 2.59. The molecule has 0 radical (unpaired) electrons. The molecule has 2 N–H and O–H groups in total. The largest absolute Gasteiger partial charge is 0.481 e. The van der Waals surface area contributed by atoms with Gasteiger partial charge in [-0.25, -0.2) is 0 Å². The van der Waals surface area contributed by atoms with E-state index in [4.69, 9.17) is 9.47 Å². The summed E-state index contributed by atoms with van der Waals surface area (Å²) in [6, 6.07) is 0. The minimum Gasteiger partial charge on any atom is -0.481 e. The number of aliphatic hydroxyl groups excluding tert-OH is 2. The van der Waals surface area contributed by atoms with Crippen LogP contribution in [0.1, 0.15) is 27.7 Å². The first-order chi connectivity index (χ1) is 10.1. The molecule has 0 unspecified atom stereocenters. The number of esters is 1. The van der Waals surface area contributed by atoms with Crippen LogP contribution in [0.15, 0.2) is 11.3 Å². The van der Waals surface area contributed by atoms with Crippen LogP contribution in [0.3, 0.4) is 0 Å². The molecule has 0 bridgehead atoms. The van der Waals surface area contributed by atoms with Crippen molar-refractivity contribution in [1.29, 1.82) is 0 Å². The van der Waals surface area contributed by atoms with Gasteiger partial charge in [0.2, 0.25) is 5.60 Å². The number of hydrogen-bond acceptors (Lipinski definition) is 8. The molecule has 0 saturated carbocycles. The molecular weight excluding hydrogens is 296 g/mol. The molecule has 1 heterocycles. The fraction of sp³-hybridized carbons (Fsp3) is 0.571. The van der Waals surface area contributed by atoms with E-state index in [2.05, 4.69) is 0 Å². The molecule has 0 spiro atoms. The highest BCUT2D eigenvalue weighted by atomic mass is 16.6. The Labute approximate surface area is 126 Å². The van der Waals surface area contributed by atoms with E-state index in [1.807, 2.05) is 0 Å². The quantitative estimate of drug-likeness (QED) is 0.622. The second kappa shape index (κ2) is 6.37. The maximum Gasteiger partial charge on any atom is 0.304 e. The lowest BCUT2D eigenvalue weighted by molar-refractivity contribution is -0.191. The Morgan fingerprint density at radius 1 is 1.14 bits per heavy atom. The molecule has 0 fully saturated rings. The predicted octanol–water partition coefficient (Wildman–Crippen LogP) is -0.939. The molecule has 1 aliphatic heterocycles. The molecule has 0 aliphatic carbocycles. The van der Waals surface area contributed by atoms with Crippen molar-refractivity contribution in [3.63, 3.8) is 0 Å². The van der Waals surface area contributed by atoms with Gasteiger partial charge in [0, 0.05) is 13.8 Å². The van der Waals surface area contributed by atoms with Crippen LogP contribution in [0.25, 0.3) is 0 Å². The number of rotatable bonds is 5. The summed E-state index contributed by atoms with van der Waals surface area (Å²) in [6.45, 7) is 3.38. The summed E-state index contributed by atoms with van der Waals surface area (Å²) < 4.78 is 10.1. The maximum atomic E-state index is 12.1. The van der Waals surface area contributed by atoms with E-state index in [0.717, 1.165) is 27.7 Å². The van der Waals surface area contributed by atoms with Gasteiger partial charge in [-0.15, -0.1) is 0 Å². The Hall–Kier alpha value is -2.06. The summed E-state index contributed by atoms with van der Waals surface area (Å²) in [5.41, 5.74) is -2.91. The predicted molar refractivity (Wildman–Crippen MR) is 71.5 cm³/mol. The second-order valence-corrected chi connectivity index (χ2v) is 4.99. The summed E-state index contributed by atoms with van der Waals surface area (Å²) >= 11 is 0. The minimum absolute atomic E-state index is 0.506. The number of hydrogen-bond donors (Lipinski definition) is 2. The lowest BCUT2D eigenvalue weighted by atomic mass is 9.77. The van der Waals surface area contributed by atoms with Crippen molar-refractivity contribution in [2.24, 2.45) is 0 Å². The molecule has 0 aromatic carbocycles. The van der Waals surface area contributed by atoms with Crippen molar-refractivity contribution in [2.45, 2.75) is 45.5 Å². The first-order valence-corrected chi connectivity index (χ1v) is 6.52. The number of aliphatic hydroxyl groups is 2. The fourth-order valence-electron chi connectivity index (χ4n) is 2.46. The van der Waals surface area contributed by atoms with E-state index >= 15 is 0 Å². The van der Waals surface area contributed by atoms with Gasteiger partial charge < -0.3 is 19.7 Å². The van der Waals surface area contributed by atoms with Crippen LogP contribution in [-0.4, -0.2) is 57.9 Å². The van der Waals surface area contributed by atoms with Gasteiger partial charge in [0.25, 0.3) is 0 Å². The summed E-state index contributed by atoms with van der Waals surface area (Å²) in [5, 5.41) is 19.6. The van der Waals surface area contributed by atoms with Crippen LogP contribution >= 0.6 is 0 Å². The van der Waals surface area contributed by atoms with E-state index in [1.165, 1.54) is 0 Å². The molecule has 0 amide bonds. The highest BCUT2D eigenvalue weighted by Crippen LogP contribution is 2.38. The van der Waals surface area contributed by atoms with Crippen molar-refractivity contribution in [2.75, 3.05) is 6.61 Å². The molecule has 0 saturated heterocycles. The number of Topliss-reactive ketones (excluding diaryl/α,β-unsaturated/α-hetero) is 3. The zero-order valence-electron chi connectivity index (χ0n) is 12.7. The monoisotopic (exact) mass is 314 g/mol. The Bertz CT molecular complexity index is 561. The second-order valence-electron chi connectivity index (χ2n) is 4.99. The van der Waals surface area contributed by atoms with E-state index < -0.39 is 59.1 Å². The van der Waals surface area contributed by atoms with Gasteiger partial charge in [-0.1, -0.05) is 0 Å². The van der Waals surface area contributed by atoms with E-state index in [0.29, 0.717) is 0 Å². The zero-order chi connectivity index (χ0) is 17.2. The minimum atomic E-state index is -2.38. The Balaban J connectivity index is 3.79. The molecule has 0 aromatic heterocycles. The van der Waals surface area contributed by atoms with Crippen molar-refractivity contribution in [3.8, 4) is 0 Å². The number of allylic oxidation sites excluding steroid dienone is 1. The molecule has 0 aromatic rings. The molecule has 3 atom stereocenters. The molecule has 1 aliphatic rings. The molecule has 22 heavy (non-hydrogen) atoms. The molecular formula is C14H18O8. The van der Waals surface area contributed by atoms with Crippen molar-refractivity contribution < 1.29 is 38.9 Å². The first-order valence-electron chi connectivity index (χ1n) is 6.52. The molecule has 1 rings (SSSR count). The van der Waals surface area contributed by atoms with Gasteiger partial charge in [0.15, 0.2) is 29.2 Å². The van der Waals surface area contributed by atoms with Gasteiger partial charge in [-0.2, -0.15) is 0 Å². The summed E-state index contributed by atoms with van der Waals surface area (Å²) in [4.78, 5) is 47.2. The van der Waals surface area contributed by atoms with Crippen LogP contribution in [0.4, 0.5) is 0 Å².